The fraction of sp³-hybridized carbons (Fsp3) is 0.481. The molecule has 0 unspecified atom stereocenters. The number of aliphatic hydroxyl groups excluding tert-OH is 1. The Balaban J connectivity index is 1.25. The lowest BCUT2D eigenvalue weighted by Gasteiger charge is -2.36. The molecule has 8 nitrogen and oxygen atoms in total. The van der Waals surface area contributed by atoms with E-state index in [0.717, 1.165) is 60.5 Å². The predicted molar refractivity (Wildman–Crippen MR) is 147 cm³/mol. The van der Waals surface area contributed by atoms with Crippen molar-refractivity contribution in [3.63, 3.8) is 0 Å². The second-order valence-corrected chi connectivity index (χ2v) is 11.8. The molecule has 4 aromatic rings. The van der Waals surface area contributed by atoms with E-state index in [-0.39, 0.29) is 17.2 Å². The third-order valence-electron chi connectivity index (χ3n) is 8.39. The van der Waals surface area contributed by atoms with Gasteiger partial charge in [0.1, 0.15) is 16.5 Å². The Morgan fingerprint density at radius 3 is 2.62 bits per heavy atom. The zero-order valence-electron chi connectivity index (χ0n) is 21.1. The smallest absolute Gasteiger partial charge is 0.226 e. The Bertz CT molecular complexity index is 1400. The number of nitrogens with zero attached hydrogens (tertiary/aromatic N) is 6. The van der Waals surface area contributed by atoms with Crippen LogP contribution in [0.2, 0.25) is 5.28 Å². The first kappa shape index (κ1) is 24.7. The highest BCUT2D eigenvalue weighted by atomic mass is 35.5. The molecule has 6 rings (SSSR count). The van der Waals surface area contributed by atoms with Crippen molar-refractivity contribution in [2.75, 3.05) is 18.8 Å². The van der Waals surface area contributed by atoms with Crippen molar-refractivity contribution in [1.82, 2.24) is 29.4 Å². The number of piperidine rings is 1. The van der Waals surface area contributed by atoms with Crippen molar-refractivity contribution in [3.05, 3.63) is 52.6 Å². The number of nitrogen functional groups attached to an aromatic ring is 1. The lowest BCUT2D eigenvalue weighted by Crippen LogP contribution is -2.36. The average Bonchev–Trinajstić information content (AvgIpc) is 3.56. The molecule has 1 saturated heterocycles. The molecular formula is C27H32ClN7OS. The van der Waals surface area contributed by atoms with E-state index in [4.69, 9.17) is 17.3 Å². The molecule has 4 atom stereocenters. The summed E-state index contributed by atoms with van der Waals surface area (Å²) < 4.78 is 2.09. The van der Waals surface area contributed by atoms with E-state index in [2.05, 4.69) is 48.5 Å². The SMILES string of the molecule is Cc1csc(-c2cn([C@@H]3C[C@H](C4CCN(Cc5ccncc5)CC4)[C@@H](C)[C@H]3O)c3nc(Cl)nc(N)c23)n1. The Labute approximate surface area is 225 Å². The van der Waals surface area contributed by atoms with Gasteiger partial charge in [-0.2, -0.15) is 4.98 Å². The molecule has 194 valence electrons. The van der Waals surface area contributed by atoms with Crippen LogP contribution >= 0.6 is 22.9 Å². The summed E-state index contributed by atoms with van der Waals surface area (Å²) in [4.78, 5) is 20.1. The van der Waals surface area contributed by atoms with Gasteiger partial charge in [0.05, 0.1) is 17.5 Å². The number of rotatable bonds is 5. The molecule has 4 aromatic heterocycles. The van der Waals surface area contributed by atoms with E-state index in [1.807, 2.05) is 30.9 Å². The quantitative estimate of drug-likeness (QED) is 0.346. The van der Waals surface area contributed by atoms with E-state index in [0.29, 0.717) is 23.3 Å². The van der Waals surface area contributed by atoms with Crippen LogP contribution in [0.5, 0.6) is 0 Å². The molecule has 0 aromatic carbocycles. The van der Waals surface area contributed by atoms with E-state index in [1.54, 1.807) is 11.3 Å². The fourth-order valence-corrected chi connectivity index (χ4v) is 7.45. The van der Waals surface area contributed by atoms with Crippen molar-refractivity contribution in [1.29, 1.82) is 0 Å². The minimum Gasteiger partial charge on any atom is -0.391 e. The van der Waals surface area contributed by atoms with Crippen LogP contribution < -0.4 is 5.73 Å². The largest absolute Gasteiger partial charge is 0.391 e. The predicted octanol–water partition coefficient (Wildman–Crippen LogP) is 4.96. The molecule has 0 bridgehead atoms. The minimum atomic E-state index is -0.476. The number of thiazole rings is 1. The number of anilines is 1. The summed E-state index contributed by atoms with van der Waals surface area (Å²) in [5, 5.41) is 15.3. The van der Waals surface area contributed by atoms with Gasteiger partial charge in [-0.15, -0.1) is 11.3 Å². The highest BCUT2D eigenvalue weighted by molar-refractivity contribution is 7.13. The van der Waals surface area contributed by atoms with Crippen LogP contribution in [0.25, 0.3) is 21.6 Å². The van der Waals surface area contributed by atoms with Gasteiger partial charge in [-0.05, 0) is 86.3 Å². The van der Waals surface area contributed by atoms with Gasteiger partial charge in [0.25, 0.3) is 0 Å². The molecule has 2 aliphatic rings. The maximum Gasteiger partial charge on any atom is 0.226 e. The summed E-state index contributed by atoms with van der Waals surface area (Å²) in [6.07, 6.45) is 8.50. The minimum absolute atomic E-state index is 0.0995. The Kier molecular flexibility index (Phi) is 6.65. The second kappa shape index (κ2) is 9.94. The molecule has 0 spiro atoms. The average molecular weight is 538 g/mol. The monoisotopic (exact) mass is 537 g/mol. The Morgan fingerprint density at radius 1 is 1.16 bits per heavy atom. The Hall–Kier alpha value is -2.59. The van der Waals surface area contributed by atoms with Crippen LogP contribution in [0, 0.1) is 24.7 Å². The number of likely N-dealkylation sites (tertiary alicyclic amines) is 1. The third-order valence-corrected chi connectivity index (χ3v) is 9.56. The summed E-state index contributed by atoms with van der Waals surface area (Å²) in [7, 11) is 0. The van der Waals surface area contributed by atoms with Gasteiger partial charge in [-0.3, -0.25) is 9.88 Å². The molecule has 2 fully saturated rings. The third kappa shape index (κ3) is 4.63. The summed E-state index contributed by atoms with van der Waals surface area (Å²) in [5.74, 6) is 1.57. The number of halogens is 1. The highest BCUT2D eigenvalue weighted by Gasteiger charge is 2.45. The molecule has 5 heterocycles. The van der Waals surface area contributed by atoms with Crippen molar-refractivity contribution in [2.45, 2.75) is 51.8 Å². The molecule has 37 heavy (non-hydrogen) atoms. The summed E-state index contributed by atoms with van der Waals surface area (Å²) >= 11 is 7.82. The van der Waals surface area contributed by atoms with E-state index >= 15 is 0 Å². The zero-order chi connectivity index (χ0) is 25.7. The number of hydrogen-bond acceptors (Lipinski definition) is 8. The normalized spacial score (nSPS) is 25.3. The number of hydrogen-bond donors (Lipinski definition) is 2. The van der Waals surface area contributed by atoms with Gasteiger partial charge >= 0.3 is 0 Å². The number of aryl methyl sites for hydroxylation is 1. The summed E-state index contributed by atoms with van der Waals surface area (Å²) in [5.41, 5.74) is 10.2. The molecule has 0 radical (unpaired) electrons. The second-order valence-electron chi connectivity index (χ2n) is 10.6. The van der Waals surface area contributed by atoms with Gasteiger partial charge in [-0.1, -0.05) is 6.92 Å². The maximum absolute atomic E-state index is 11.5. The van der Waals surface area contributed by atoms with Gasteiger partial charge in [0.15, 0.2) is 0 Å². The van der Waals surface area contributed by atoms with Crippen LogP contribution in [0.4, 0.5) is 5.82 Å². The van der Waals surface area contributed by atoms with E-state index in [9.17, 15) is 5.11 Å². The van der Waals surface area contributed by atoms with Crippen molar-refractivity contribution < 1.29 is 5.11 Å². The Morgan fingerprint density at radius 2 is 1.92 bits per heavy atom. The first-order valence-electron chi connectivity index (χ1n) is 12.9. The van der Waals surface area contributed by atoms with E-state index in [1.165, 1.54) is 5.56 Å². The number of aromatic nitrogens is 5. The van der Waals surface area contributed by atoms with Crippen LogP contribution in [-0.4, -0.2) is 53.7 Å². The van der Waals surface area contributed by atoms with Gasteiger partial charge < -0.3 is 15.4 Å². The first-order chi connectivity index (χ1) is 17.9. The van der Waals surface area contributed by atoms with Crippen LogP contribution in [0.3, 0.4) is 0 Å². The highest BCUT2D eigenvalue weighted by Crippen LogP contribution is 2.48. The first-order valence-corrected chi connectivity index (χ1v) is 14.2. The van der Waals surface area contributed by atoms with Crippen molar-refractivity contribution in [2.24, 2.45) is 17.8 Å². The standard InChI is InChI=1S/C27H32ClN7OS/c1-15-14-37-26(31-15)20-13-35(25-22(20)24(29)32-27(28)33-25)21-11-19(16(2)23(21)36)18-5-9-34(10-6-18)12-17-3-7-30-8-4-17/h3-4,7-8,13-14,16,18-19,21,23,36H,5-6,9-12H2,1-2H3,(H2,29,32,33)/t16-,19+,21-,23-/m1/s1. The van der Waals surface area contributed by atoms with Crippen molar-refractivity contribution in [3.8, 4) is 10.6 Å². The summed E-state index contributed by atoms with van der Waals surface area (Å²) in [6.45, 7) is 7.31. The lowest BCUT2D eigenvalue weighted by molar-refractivity contribution is 0.0743. The van der Waals surface area contributed by atoms with Gasteiger partial charge in [0, 0.05) is 41.8 Å². The maximum atomic E-state index is 11.5. The van der Waals surface area contributed by atoms with Crippen LogP contribution in [0.15, 0.2) is 36.1 Å². The fourth-order valence-electron chi connectivity index (χ4n) is 6.46. The summed E-state index contributed by atoms with van der Waals surface area (Å²) in [6, 6.07) is 4.09. The van der Waals surface area contributed by atoms with Crippen LogP contribution in [-0.2, 0) is 6.54 Å². The molecule has 1 aliphatic heterocycles. The molecule has 1 aliphatic carbocycles. The molecule has 3 N–H and O–H groups in total. The topological polar surface area (TPSA) is 106 Å². The molecule has 0 amide bonds. The van der Waals surface area contributed by atoms with E-state index < -0.39 is 6.10 Å². The molecular weight excluding hydrogens is 506 g/mol. The number of fused-ring (bicyclic) bond motifs is 1. The lowest BCUT2D eigenvalue weighted by atomic mass is 9.78. The van der Waals surface area contributed by atoms with Gasteiger partial charge in [-0.25, -0.2) is 9.97 Å². The zero-order valence-corrected chi connectivity index (χ0v) is 22.7. The number of nitrogens with two attached hydrogens (primary N) is 1. The number of aliphatic hydroxyl groups is 1. The number of pyridine rings is 1. The van der Waals surface area contributed by atoms with Crippen LogP contribution in [0.1, 0.15) is 43.5 Å². The van der Waals surface area contributed by atoms with Gasteiger partial charge in [0.2, 0.25) is 5.28 Å². The molecule has 10 heteroatoms. The van der Waals surface area contributed by atoms with Crippen molar-refractivity contribution >= 4 is 39.8 Å². The molecule has 1 saturated carbocycles.